The molecule has 0 atom stereocenters. The Morgan fingerprint density at radius 3 is 2.92 bits per heavy atom. The second kappa shape index (κ2) is 3.37. The van der Waals surface area contributed by atoms with Crippen LogP contribution in [0.4, 0.5) is 0 Å². The molecule has 0 heterocycles. The van der Waals surface area contributed by atoms with E-state index in [1.54, 1.807) is 5.57 Å². The van der Waals surface area contributed by atoms with E-state index in [1.807, 2.05) is 0 Å². The van der Waals surface area contributed by atoms with Gasteiger partial charge in [0.05, 0.1) is 0 Å². The van der Waals surface area contributed by atoms with Crippen molar-refractivity contribution in [1.29, 1.82) is 0 Å². The topological polar surface area (TPSA) is 0 Å². The Labute approximate surface area is 80.3 Å². The molecule has 0 fully saturated rings. The molecule has 2 rings (SSSR count). The molecule has 0 saturated carbocycles. The number of hydrogen-bond acceptors (Lipinski definition) is 0. The van der Waals surface area contributed by atoms with Crippen molar-refractivity contribution in [2.45, 2.75) is 33.1 Å². The molecule has 13 heavy (non-hydrogen) atoms. The normalized spacial score (nSPS) is 21.1. The highest BCUT2D eigenvalue weighted by atomic mass is 14.2. The van der Waals surface area contributed by atoms with Crippen molar-refractivity contribution in [3.8, 4) is 0 Å². The first-order chi connectivity index (χ1) is 6.31. The quantitative estimate of drug-likeness (QED) is 0.562. The van der Waals surface area contributed by atoms with Crippen LogP contribution in [0.1, 0.15) is 33.1 Å². The van der Waals surface area contributed by atoms with Crippen LogP contribution in [0.3, 0.4) is 0 Å². The molecule has 0 heteroatoms. The standard InChI is InChI=1S/C13H16/c1-3-11-5-4-6-12-8-7-10(2)13(12)9-11/h4-6,9H,3,7-8H2,1-2H3. The van der Waals surface area contributed by atoms with Gasteiger partial charge in [-0.25, -0.2) is 0 Å². The lowest BCUT2D eigenvalue weighted by Gasteiger charge is -2.00. The van der Waals surface area contributed by atoms with Gasteiger partial charge in [0.2, 0.25) is 0 Å². The molecule has 0 unspecified atom stereocenters. The minimum absolute atomic E-state index is 1.13. The fraction of sp³-hybridized carbons (Fsp3) is 0.385. The summed E-state index contributed by atoms with van der Waals surface area (Å²) >= 11 is 0. The van der Waals surface area contributed by atoms with E-state index >= 15 is 0 Å². The van der Waals surface area contributed by atoms with Crippen LogP contribution in [0.2, 0.25) is 0 Å². The zero-order valence-electron chi connectivity index (χ0n) is 8.43. The second-order valence-corrected chi connectivity index (χ2v) is 3.82. The van der Waals surface area contributed by atoms with E-state index in [1.165, 1.54) is 29.6 Å². The maximum Gasteiger partial charge on any atom is -0.0232 e. The summed E-state index contributed by atoms with van der Waals surface area (Å²) in [6.07, 6.45) is 12.7. The van der Waals surface area contributed by atoms with Gasteiger partial charge in [-0.05, 0) is 42.9 Å². The zero-order valence-corrected chi connectivity index (χ0v) is 8.43. The number of rotatable bonds is 1. The third-order valence-corrected chi connectivity index (χ3v) is 2.92. The fourth-order valence-corrected chi connectivity index (χ4v) is 2.00. The summed E-state index contributed by atoms with van der Waals surface area (Å²) in [5.41, 5.74) is 6.03. The number of fused-ring (bicyclic) bond motifs is 1. The van der Waals surface area contributed by atoms with Gasteiger partial charge in [-0.1, -0.05) is 36.8 Å². The Morgan fingerprint density at radius 2 is 2.15 bits per heavy atom. The van der Waals surface area contributed by atoms with Crippen LogP contribution < -0.4 is 0 Å². The van der Waals surface area contributed by atoms with Crippen molar-refractivity contribution in [2.24, 2.45) is 0 Å². The van der Waals surface area contributed by atoms with Crippen molar-refractivity contribution in [3.05, 3.63) is 46.6 Å². The molecule has 0 bridgehead atoms. The monoisotopic (exact) mass is 172 g/mol. The van der Waals surface area contributed by atoms with Gasteiger partial charge in [-0.15, -0.1) is 0 Å². The van der Waals surface area contributed by atoms with E-state index in [4.69, 9.17) is 0 Å². The van der Waals surface area contributed by atoms with Crippen LogP contribution in [-0.2, 0) is 0 Å². The van der Waals surface area contributed by atoms with E-state index in [0.29, 0.717) is 0 Å². The molecule has 0 amide bonds. The Hall–Kier alpha value is -1.04. The lowest BCUT2D eigenvalue weighted by molar-refractivity contribution is 1.01. The first-order valence-corrected chi connectivity index (χ1v) is 5.09. The molecular weight excluding hydrogens is 156 g/mol. The third-order valence-electron chi connectivity index (χ3n) is 2.92. The molecule has 0 saturated heterocycles. The Morgan fingerprint density at radius 1 is 1.31 bits per heavy atom. The van der Waals surface area contributed by atoms with Gasteiger partial charge in [0.25, 0.3) is 0 Å². The smallest absolute Gasteiger partial charge is 0.0232 e. The zero-order chi connectivity index (χ0) is 9.26. The number of hydrogen-bond donors (Lipinski definition) is 0. The fourth-order valence-electron chi connectivity index (χ4n) is 2.00. The summed E-state index contributed by atoms with van der Waals surface area (Å²) in [6.45, 7) is 4.47. The van der Waals surface area contributed by atoms with Crippen molar-refractivity contribution >= 4 is 0 Å². The first-order valence-electron chi connectivity index (χ1n) is 5.09. The molecular formula is C13H16. The molecule has 0 aromatic rings. The van der Waals surface area contributed by atoms with Gasteiger partial charge in [-0.2, -0.15) is 0 Å². The van der Waals surface area contributed by atoms with Gasteiger partial charge in [0.15, 0.2) is 0 Å². The van der Waals surface area contributed by atoms with Gasteiger partial charge in [-0.3, -0.25) is 0 Å². The molecule has 0 nitrogen and oxygen atoms in total. The van der Waals surface area contributed by atoms with E-state index in [-0.39, 0.29) is 0 Å². The summed E-state index contributed by atoms with van der Waals surface area (Å²) in [6, 6.07) is 0. The van der Waals surface area contributed by atoms with Crippen LogP contribution in [0.15, 0.2) is 46.6 Å². The maximum atomic E-state index is 2.36. The van der Waals surface area contributed by atoms with E-state index in [0.717, 1.165) is 6.42 Å². The minimum Gasteiger partial charge on any atom is -0.0655 e. The summed E-state index contributed by atoms with van der Waals surface area (Å²) < 4.78 is 0. The second-order valence-electron chi connectivity index (χ2n) is 3.82. The lowest BCUT2D eigenvalue weighted by atomic mass is 10.1. The highest BCUT2D eigenvalue weighted by Crippen LogP contribution is 2.34. The molecule has 0 aromatic carbocycles. The predicted octanol–water partition coefficient (Wildman–Crippen LogP) is 3.93. The van der Waals surface area contributed by atoms with Gasteiger partial charge < -0.3 is 0 Å². The van der Waals surface area contributed by atoms with E-state index in [2.05, 4.69) is 38.2 Å². The maximum absolute atomic E-state index is 2.36. The van der Waals surface area contributed by atoms with Gasteiger partial charge in [0, 0.05) is 0 Å². The van der Waals surface area contributed by atoms with Crippen molar-refractivity contribution in [1.82, 2.24) is 0 Å². The number of allylic oxidation sites excluding steroid dienone is 8. The molecule has 0 aromatic heterocycles. The molecule has 68 valence electrons. The van der Waals surface area contributed by atoms with E-state index < -0.39 is 0 Å². The third kappa shape index (κ3) is 1.53. The summed E-state index contributed by atoms with van der Waals surface area (Å²) in [5.74, 6) is 0. The summed E-state index contributed by atoms with van der Waals surface area (Å²) in [5, 5.41) is 0. The lowest BCUT2D eigenvalue weighted by Crippen LogP contribution is -1.80. The predicted molar refractivity (Wildman–Crippen MR) is 57.5 cm³/mol. The molecule has 2 aliphatic carbocycles. The molecule has 0 aliphatic heterocycles. The highest BCUT2D eigenvalue weighted by molar-refractivity contribution is 5.53. The van der Waals surface area contributed by atoms with Crippen molar-refractivity contribution in [2.75, 3.05) is 0 Å². The average Bonchev–Trinajstić information content (AvgIpc) is 2.41. The van der Waals surface area contributed by atoms with Crippen LogP contribution in [0, 0.1) is 0 Å². The Kier molecular flexibility index (Phi) is 2.22. The largest absolute Gasteiger partial charge is 0.0655 e. The van der Waals surface area contributed by atoms with Crippen LogP contribution >= 0.6 is 0 Å². The van der Waals surface area contributed by atoms with Gasteiger partial charge >= 0.3 is 0 Å². The summed E-state index contributed by atoms with van der Waals surface area (Å²) in [4.78, 5) is 0. The average molecular weight is 172 g/mol. The van der Waals surface area contributed by atoms with Crippen LogP contribution in [0.25, 0.3) is 0 Å². The Bertz CT molecular complexity index is 335. The van der Waals surface area contributed by atoms with Crippen LogP contribution in [0.5, 0.6) is 0 Å². The van der Waals surface area contributed by atoms with Crippen LogP contribution in [-0.4, -0.2) is 0 Å². The minimum atomic E-state index is 1.13. The highest BCUT2D eigenvalue weighted by Gasteiger charge is 2.15. The summed E-state index contributed by atoms with van der Waals surface area (Å²) in [7, 11) is 0. The SMILES string of the molecule is CCC1=CC2=C(C)CCC2=CC=C1. The molecule has 2 aliphatic rings. The van der Waals surface area contributed by atoms with E-state index in [9.17, 15) is 0 Å². The molecule has 0 radical (unpaired) electrons. The van der Waals surface area contributed by atoms with Gasteiger partial charge in [0.1, 0.15) is 0 Å². The molecule has 0 spiro atoms. The first kappa shape index (κ1) is 8.55. The molecule has 0 N–H and O–H groups in total. The van der Waals surface area contributed by atoms with Crippen molar-refractivity contribution < 1.29 is 0 Å². The Balaban J connectivity index is 2.44. The van der Waals surface area contributed by atoms with Crippen molar-refractivity contribution in [3.63, 3.8) is 0 Å².